The van der Waals surface area contributed by atoms with E-state index >= 15 is 0 Å². The van der Waals surface area contributed by atoms with Gasteiger partial charge in [-0.05, 0) is 63.0 Å². The first kappa shape index (κ1) is 26.6. The lowest BCUT2D eigenvalue weighted by Crippen LogP contribution is -2.52. The van der Waals surface area contributed by atoms with Crippen LogP contribution in [0.15, 0.2) is 24.9 Å². The molecule has 2 aliphatic rings. The zero-order chi connectivity index (χ0) is 24.9. The summed E-state index contributed by atoms with van der Waals surface area (Å²) in [5.74, 6) is 0.470. The summed E-state index contributed by atoms with van der Waals surface area (Å²) in [5.41, 5.74) is 2.25. The van der Waals surface area contributed by atoms with E-state index in [-0.39, 0.29) is 35.7 Å². The Morgan fingerprint density at radius 3 is 2.74 bits per heavy atom. The Morgan fingerprint density at radius 1 is 1.41 bits per heavy atom. The van der Waals surface area contributed by atoms with Crippen molar-refractivity contribution in [1.29, 1.82) is 0 Å². The maximum atomic E-state index is 12.3. The van der Waals surface area contributed by atoms with Crippen molar-refractivity contribution >= 4 is 5.91 Å². The molecule has 7 heteroatoms. The van der Waals surface area contributed by atoms with Crippen LogP contribution in [0.1, 0.15) is 83.9 Å². The second-order valence-corrected chi connectivity index (χ2v) is 11.4. The van der Waals surface area contributed by atoms with E-state index in [1.54, 1.807) is 6.08 Å². The fourth-order valence-corrected chi connectivity index (χ4v) is 4.73. The molecule has 34 heavy (non-hydrogen) atoms. The molecule has 3 atom stereocenters. The molecule has 0 radical (unpaired) electrons. The predicted octanol–water partition coefficient (Wildman–Crippen LogP) is 3.85. The van der Waals surface area contributed by atoms with Gasteiger partial charge < -0.3 is 25.2 Å². The molecular weight excluding hydrogens is 430 g/mol. The molecule has 7 nitrogen and oxygen atoms in total. The molecule has 0 saturated heterocycles. The molecule has 1 amide bonds. The van der Waals surface area contributed by atoms with Crippen molar-refractivity contribution < 1.29 is 19.4 Å². The van der Waals surface area contributed by atoms with E-state index in [1.807, 2.05) is 20.0 Å². The fourth-order valence-electron chi connectivity index (χ4n) is 4.73. The lowest BCUT2D eigenvalue weighted by Gasteiger charge is -2.47. The van der Waals surface area contributed by atoms with Crippen molar-refractivity contribution in [2.24, 2.45) is 5.41 Å². The van der Waals surface area contributed by atoms with Crippen LogP contribution in [-0.2, 0) is 16.0 Å². The van der Waals surface area contributed by atoms with Gasteiger partial charge in [0.2, 0.25) is 11.8 Å². The van der Waals surface area contributed by atoms with Crippen LogP contribution in [0.2, 0.25) is 0 Å². The van der Waals surface area contributed by atoms with Crippen molar-refractivity contribution in [2.75, 3.05) is 13.2 Å². The first-order valence-corrected chi connectivity index (χ1v) is 12.6. The third kappa shape index (κ3) is 7.27. The van der Waals surface area contributed by atoms with Gasteiger partial charge in [-0.3, -0.25) is 4.79 Å². The van der Waals surface area contributed by atoms with Gasteiger partial charge in [-0.15, -0.1) is 6.58 Å². The number of amides is 1. The van der Waals surface area contributed by atoms with Gasteiger partial charge in [0.15, 0.2) is 0 Å². The van der Waals surface area contributed by atoms with Crippen molar-refractivity contribution in [3.8, 4) is 5.88 Å². The number of pyridine rings is 1. The number of nitrogens with zero attached hydrogens (tertiary/aromatic N) is 1. The van der Waals surface area contributed by atoms with E-state index in [2.05, 4.69) is 49.0 Å². The highest BCUT2D eigenvalue weighted by Gasteiger charge is 2.46. The number of hydrogen-bond donors (Lipinski definition) is 3. The molecule has 1 saturated carbocycles. The number of nitrogens with one attached hydrogen (secondary N) is 2. The van der Waals surface area contributed by atoms with Crippen LogP contribution >= 0.6 is 0 Å². The third-order valence-electron chi connectivity index (χ3n) is 6.55. The summed E-state index contributed by atoms with van der Waals surface area (Å²) in [7, 11) is 0. The molecule has 1 aromatic rings. The lowest BCUT2D eigenvalue weighted by atomic mass is 9.73. The van der Waals surface area contributed by atoms with Gasteiger partial charge >= 0.3 is 0 Å². The molecule has 1 aliphatic heterocycles. The number of ether oxygens (including phenoxy) is 2. The molecule has 0 aromatic carbocycles. The molecule has 190 valence electrons. The average molecular weight is 474 g/mol. The number of aliphatic hydroxyl groups excluding tert-OH is 1. The van der Waals surface area contributed by atoms with Crippen LogP contribution in [0.25, 0.3) is 0 Å². The second kappa shape index (κ2) is 11.2. The molecular formula is C27H43N3O4. The summed E-state index contributed by atoms with van der Waals surface area (Å²) in [6, 6.07) is 1.81. The van der Waals surface area contributed by atoms with E-state index < -0.39 is 12.1 Å². The van der Waals surface area contributed by atoms with Gasteiger partial charge in [0, 0.05) is 30.8 Å². The topological polar surface area (TPSA) is 92.7 Å². The number of hydrogen-bond acceptors (Lipinski definition) is 6. The quantitative estimate of drug-likeness (QED) is 0.423. The molecule has 1 spiro atoms. The molecule has 3 N–H and O–H groups in total. The molecule has 0 bridgehead atoms. The summed E-state index contributed by atoms with van der Waals surface area (Å²) < 4.78 is 11.8. The Kier molecular flexibility index (Phi) is 8.77. The third-order valence-corrected chi connectivity index (χ3v) is 6.55. The van der Waals surface area contributed by atoms with Crippen LogP contribution in [0.5, 0.6) is 5.88 Å². The summed E-state index contributed by atoms with van der Waals surface area (Å²) in [5, 5.41) is 17.4. The van der Waals surface area contributed by atoms with Gasteiger partial charge in [0.25, 0.3) is 0 Å². The monoisotopic (exact) mass is 473 g/mol. The number of carbonyl (C=O) groups excluding carboxylic acids is 1. The van der Waals surface area contributed by atoms with Crippen LogP contribution in [0.3, 0.4) is 0 Å². The predicted molar refractivity (Wildman–Crippen MR) is 134 cm³/mol. The van der Waals surface area contributed by atoms with Crippen molar-refractivity contribution in [3.63, 3.8) is 0 Å². The number of carbonyl (C=O) groups is 1. The average Bonchev–Trinajstić information content (AvgIpc) is 2.73. The highest BCUT2D eigenvalue weighted by Crippen LogP contribution is 2.48. The largest absolute Gasteiger partial charge is 0.471 e. The molecule has 3 rings (SSSR count). The zero-order valence-electron chi connectivity index (χ0n) is 21.5. The highest BCUT2D eigenvalue weighted by molar-refractivity contribution is 5.77. The summed E-state index contributed by atoms with van der Waals surface area (Å²) in [6.45, 7) is 14.5. The van der Waals surface area contributed by atoms with Crippen LogP contribution in [0.4, 0.5) is 0 Å². The first-order valence-electron chi connectivity index (χ1n) is 12.6. The Labute approximate surface area is 204 Å². The number of rotatable bonds is 11. The SMILES string of the molecule is C=CC[C@H](NC(=O)COC(C)C)[C@H](O)CN[C@H]1CC2(CCC2)Oc2ncc(CC(C)(C)C)cc21. The van der Waals surface area contributed by atoms with E-state index in [0.717, 1.165) is 31.2 Å². The Balaban J connectivity index is 1.69. The summed E-state index contributed by atoms with van der Waals surface area (Å²) >= 11 is 0. The molecule has 2 heterocycles. The Hall–Kier alpha value is -1.96. The van der Waals surface area contributed by atoms with E-state index in [0.29, 0.717) is 18.8 Å². The minimum Gasteiger partial charge on any atom is -0.471 e. The van der Waals surface area contributed by atoms with Crippen molar-refractivity contribution in [3.05, 3.63) is 36.0 Å². The van der Waals surface area contributed by atoms with Gasteiger partial charge in [0.1, 0.15) is 12.2 Å². The lowest BCUT2D eigenvalue weighted by molar-refractivity contribution is -0.128. The molecule has 1 aromatic heterocycles. The molecule has 1 fully saturated rings. The second-order valence-electron chi connectivity index (χ2n) is 11.4. The highest BCUT2D eigenvalue weighted by atomic mass is 16.5. The first-order chi connectivity index (χ1) is 16.0. The van der Waals surface area contributed by atoms with Crippen molar-refractivity contribution in [1.82, 2.24) is 15.6 Å². The smallest absolute Gasteiger partial charge is 0.246 e. The van der Waals surface area contributed by atoms with Gasteiger partial charge in [-0.1, -0.05) is 26.8 Å². The van der Waals surface area contributed by atoms with Gasteiger partial charge in [-0.2, -0.15) is 0 Å². The van der Waals surface area contributed by atoms with Crippen molar-refractivity contribution in [2.45, 2.75) is 103 Å². The number of fused-ring (bicyclic) bond motifs is 1. The number of aliphatic hydroxyl groups is 1. The minimum atomic E-state index is -0.768. The molecule has 1 aliphatic carbocycles. The minimum absolute atomic E-state index is 0.0243. The summed E-state index contributed by atoms with van der Waals surface area (Å²) in [6.07, 6.45) is 8.34. The Bertz CT molecular complexity index is 845. The summed E-state index contributed by atoms with van der Waals surface area (Å²) in [4.78, 5) is 17.0. The fraction of sp³-hybridized carbons (Fsp3) is 0.704. The zero-order valence-corrected chi connectivity index (χ0v) is 21.5. The maximum Gasteiger partial charge on any atom is 0.246 e. The number of aromatic nitrogens is 1. The normalized spacial score (nSPS) is 20.7. The van der Waals surface area contributed by atoms with Crippen LogP contribution in [-0.4, -0.2) is 53.0 Å². The Morgan fingerprint density at radius 2 is 2.15 bits per heavy atom. The van der Waals surface area contributed by atoms with Gasteiger partial charge in [0.05, 0.1) is 18.2 Å². The standard InChI is InChI=1S/C27H43N3O4/c1-7-9-21(30-24(32)17-33-18(2)3)23(31)16-28-22-14-27(10-8-11-27)34-25-20(22)12-19(15-29-25)13-26(4,5)6/h7,12,15,18,21-23,28,31H,1,8-11,13-14,16-17H2,2-6H3,(H,30,32)/t21-,22-,23+/m0/s1. The van der Waals surface area contributed by atoms with E-state index in [9.17, 15) is 9.90 Å². The van der Waals surface area contributed by atoms with Gasteiger partial charge in [-0.25, -0.2) is 4.98 Å². The maximum absolute atomic E-state index is 12.3. The molecule has 0 unspecified atom stereocenters. The van der Waals surface area contributed by atoms with Crippen LogP contribution in [0, 0.1) is 5.41 Å². The van der Waals surface area contributed by atoms with E-state index in [4.69, 9.17) is 9.47 Å². The van der Waals surface area contributed by atoms with Crippen LogP contribution < -0.4 is 15.4 Å². The van der Waals surface area contributed by atoms with E-state index in [1.165, 1.54) is 12.0 Å².